The fourth-order valence-electron chi connectivity index (χ4n) is 2.19. The molecule has 0 radical (unpaired) electrons. The van der Waals surface area contributed by atoms with Gasteiger partial charge in [-0.15, -0.1) is 0 Å². The minimum Gasteiger partial charge on any atom is -0.339 e. The van der Waals surface area contributed by atoms with Crippen molar-refractivity contribution in [1.29, 1.82) is 10.5 Å². The molecule has 1 aromatic heterocycles. The summed E-state index contributed by atoms with van der Waals surface area (Å²) in [4.78, 5) is 20.5. The summed E-state index contributed by atoms with van der Waals surface area (Å²) in [5.41, 5.74) is 2.32. The third-order valence-corrected chi connectivity index (χ3v) is 3.40. The summed E-state index contributed by atoms with van der Waals surface area (Å²) in [5, 5.41) is 23.5. The molecule has 0 saturated heterocycles. The molecule has 0 fully saturated rings. The van der Waals surface area contributed by atoms with E-state index in [1.54, 1.807) is 48.5 Å². The van der Waals surface area contributed by atoms with E-state index in [1.165, 1.54) is 12.4 Å². The maximum Gasteiger partial charge on any atom is 0.275 e. The van der Waals surface area contributed by atoms with Crippen LogP contribution < -0.4 is 10.6 Å². The van der Waals surface area contributed by atoms with Crippen LogP contribution in [-0.2, 0) is 0 Å². The van der Waals surface area contributed by atoms with Gasteiger partial charge in [-0.3, -0.25) is 4.79 Å². The van der Waals surface area contributed by atoms with E-state index in [9.17, 15) is 4.79 Å². The lowest BCUT2D eigenvalue weighted by Crippen LogP contribution is -2.14. The number of anilines is 3. The quantitative estimate of drug-likeness (QED) is 0.753. The SMILES string of the molecule is N#Cc1cccc(NC(=O)c2cnc(Nc3cccc(C#N)c3)cn2)c1. The molecule has 0 spiro atoms. The summed E-state index contributed by atoms with van der Waals surface area (Å²) in [7, 11) is 0. The molecule has 1 heterocycles. The summed E-state index contributed by atoms with van der Waals surface area (Å²) < 4.78 is 0. The first kappa shape index (κ1) is 16.6. The average Bonchev–Trinajstić information content (AvgIpc) is 2.69. The first-order valence-electron chi connectivity index (χ1n) is 7.59. The Balaban J connectivity index is 1.69. The number of aromatic nitrogens is 2. The van der Waals surface area contributed by atoms with Crippen molar-refractivity contribution in [3.63, 3.8) is 0 Å². The van der Waals surface area contributed by atoms with Gasteiger partial charge in [-0.05, 0) is 36.4 Å². The molecule has 0 atom stereocenters. The number of benzene rings is 2. The van der Waals surface area contributed by atoms with Gasteiger partial charge in [0.25, 0.3) is 5.91 Å². The summed E-state index contributed by atoms with van der Waals surface area (Å²) in [5.74, 6) is 0.0220. The largest absolute Gasteiger partial charge is 0.339 e. The van der Waals surface area contributed by atoms with E-state index < -0.39 is 5.91 Å². The second kappa shape index (κ2) is 7.56. The van der Waals surface area contributed by atoms with Crippen molar-refractivity contribution in [2.24, 2.45) is 0 Å². The molecule has 7 nitrogen and oxygen atoms in total. The van der Waals surface area contributed by atoms with Crippen LogP contribution >= 0.6 is 0 Å². The summed E-state index contributed by atoms with van der Waals surface area (Å²) >= 11 is 0. The molecule has 1 amide bonds. The monoisotopic (exact) mass is 340 g/mol. The van der Waals surface area contributed by atoms with Crippen molar-refractivity contribution < 1.29 is 4.79 Å². The molecular weight excluding hydrogens is 328 g/mol. The van der Waals surface area contributed by atoms with Crippen molar-refractivity contribution >= 4 is 23.1 Å². The zero-order valence-electron chi connectivity index (χ0n) is 13.5. The van der Waals surface area contributed by atoms with Gasteiger partial charge < -0.3 is 10.6 Å². The number of nitriles is 2. The van der Waals surface area contributed by atoms with E-state index >= 15 is 0 Å². The fourth-order valence-corrected chi connectivity index (χ4v) is 2.19. The Morgan fingerprint density at radius 1 is 0.885 bits per heavy atom. The van der Waals surface area contributed by atoms with Gasteiger partial charge in [0, 0.05) is 11.4 Å². The third kappa shape index (κ3) is 3.99. The van der Waals surface area contributed by atoms with Crippen LogP contribution in [0.15, 0.2) is 60.9 Å². The lowest BCUT2D eigenvalue weighted by molar-refractivity contribution is 0.102. The molecule has 0 unspecified atom stereocenters. The normalized spacial score (nSPS) is 9.62. The van der Waals surface area contributed by atoms with E-state index in [0.29, 0.717) is 28.3 Å². The Labute approximate surface area is 149 Å². The number of hydrogen-bond acceptors (Lipinski definition) is 6. The van der Waals surface area contributed by atoms with Gasteiger partial charge in [0.05, 0.1) is 35.7 Å². The zero-order chi connectivity index (χ0) is 18.4. The Bertz CT molecular complexity index is 1030. The Kier molecular flexibility index (Phi) is 4.83. The molecule has 2 N–H and O–H groups in total. The van der Waals surface area contributed by atoms with Crippen LogP contribution in [0.1, 0.15) is 21.6 Å². The predicted octanol–water partition coefficient (Wildman–Crippen LogP) is 3.22. The van der Waals surface area contributed by atoms with E-state index in [4.69, 9.17) is 10.5 Å². The minimum absolute atomic E-state index is 0.142. The first-order valence-corrected chi connectivity index (χ1v) is 7.59. The molecule has 0 aliphatic heterocycles. The number of carbonyl (C=O) groups excluding carboxylic acids is 1. The van der Waals surface area contributed by atoms with Crippen molar-refractivity contribution in [2.45, 2.75) is 0 Å². The highest BCUT2D eigenvalue weighted by Gasteiger charge is 2.09. The van der Waals surface area contributed by atoms with Crippen molar-refractivity contribution in [3.05, 3.63) is 77.7 Å². The van der Waals surface area contributed by atoms with Crippen LogP contribution in [0.5, 0.6) is 0 Å². The highest BCUT2D eigenvalue weighted by atomic mass is 16.1. The molecule has 124 valence electrons. The smallest absolute Gasteiger partial charge is 0.275 e. The maximum absolute atomic E-state index is 12.2. The fraction of sp³-hybridized carbons (Fsp3) is 0. The number of hydrogen-bond donors (Lipinski definition) is 2. The maximum atomic E-state index is 12.2. The van der Waals surface area contributed by atoms with E-state index in [2.05, 4.69) is 26.7 Å². The Morgan fingerprint density at radius 3 is 2.15 bits per heavy atom. The molecule has 0 aliphatic carbocycles. The van der Waals surface area contributed by atoms with Gasteiger partial charge in [0.2, 0.25) is 0 Å². The third-order valence-electron chi connectivity index (χ3n) is 3.40. The van der Waals surface area contributed by atoms with E-state index in [0.717, 1.165) is 0 Å². The lowest BCUT2D eigenvalue weighted by Gasteiger charge is -2.07. The van der Waals surface area contributed by atoms with E-state index in [1.807, 2.05) is 6.07 Å². The molecule has 0 bridgehead atoms. The van der Waals surface area contributed by atoms with Crippen LogP contribution in [0.4, 0.5) is 17.2 Å². The number of amides is 1. The highest BCUT2D eigenvalue weighted by molar-refractivity contribution is 6.02. The van der Waals surface area contributed by atoms with Crippen LogP contribution in [0.25, 0.3) is 0 Å². The van der Waals surface area contributed by atoms with Gasteiger partial charge in [-0.1, -0.05) is 12.1 Å². The number of rotatable bonds is 4. The van der Waals surface area contributed by atoms with Crippen LogP contribution in [0, 0.1) is 22.7 Å². The number of nitrogens with zero attached hydrogens (tertiary/aromatic N) is 4. The zero-order valence-corrected chi connectivity index (χ0v) is 13.5. The van der Waals surface area contributed by atoms with Gasteiger partial charge in [0.1, 0.15) is 11.5 Å². The second-order valence-corrected chi connectivity index (χ2v) is 5.25. The summed E-state index contributed by atoms with van der Waals surface area (Å²) in [6, 6.07) is 17.6. The summed E-state index contributed by atoms with van der Waals surface area (Å²) in [6.07, 6.45) is 2.78. The topological polar surface area (TPSA) is 114 Å². The van der Waals surface area contributed by atoms with Crippen molar-refractivity contribution in [1.82, 2.24) is 9.97 Å². The lowest BCUT2D eigenvalue weighted by atomic mass is 10.2. The Hall–Kier alpha value is -4.23. The summed E-state index contributed by atoms with van der Waals surface area (Å²) in [6.45, 7) is 0. The van der Waals surface area contributed by atoms with Gasteiger partial charge in [-0.2, -0.15) is 10.5 Å². The number of nitrogens with one attached hydrogen (secondary N) is 2. The average molecular weight is 340 g/mol. The van der Waals surface area contributed by atoms with Crippen molar-refractivity contribution in [2.75, 3.05) is 10.6 Å². The number of carbonyl (C=O) groups is 1. The first-order chi connectivity index (χ1) is 12.7. The van der Waals surface area contributed by atoms with Crippen LogP contribution in [0.2, 0.25) is 0 Å². The van der Waals surface area contributed by atoms with Gasteiger partial charge >= 0.3 is 0 Å². The van der Waals surface area contributed by atoms with Crippen LogP contribution in [0.3, 0.4) is 0 Å². The molecular formula is C19H12N6O. The second-order valence-electron chi connectivity index (χ2n) is 5.25. The molecule has 26 heavy (non-hydrogen) atoms. The highest BCUT2D eigenvalue weighted by Crippen LogP contribution is 2.15. The Morgan fingerprint density at radius 2 is 1.54 bits per heavy atom. The predicted molar refractivity (Wildman–Crippen MR) is 95.6 cm³/mol. The molecule has 2 aromatic carbocycles. The van der Waals surface area contributed by atoms with Crippen LogP contribution in [-0.4, -0.2) is 15.9 Å². The molecule has 7 heteroatoms. The minimum atomic E-state index is -0.425. The van der Waals surface area contributed by atoms with Crippen molar-refractivity contribution in [3.8, 4) is 12.1 Å². The molecule has 0 aliphatic rings. The van der Waals surface area contributed by atoms with Gasteiger partial charge in [0.15, 0.2) is 0 Å². The molecule has 3 rings (SSSR count). The molecule has 3 aromatic rings. The van der Waals surface area contributed by atoms with E-state index in [-0.39, 0.29) is 5.69 Å². The molecule has 0 saturated carbocycles. The standard InChI is InChI=1S/C19H12N6O/c20-9-13-3-1-5-15(7-13)24-18-12-22-17(11-23-18)19(26)25-16-6-2-4-14(8-16)10-21/h1-8,11-12H,(H,23,24)(H,25,26). The van der Waals surface area contributed by atoms with Gasteiger partial charge in [-0.25, -0.2) is 9.97 Å².